The Labute approximate surface area is 186 Å². The van der Waals surface area contributed by atoms with Crippen LogP contribution < -0.4 is 5.32 Å². The molecule has 0 radical (unpaired) electrons. The topological polar surface area (TPSA) is 116 Å². The van der Waals surface area contributed by atoms with Gasteiger partial charge in [0, 0.05) is 5.69 Å². The summed E-state index contributed by atoms with van der Waals surface area (Å²) in [7, 11) is -4.02. The van der Waals surface area contributed by atoms with Crippen molar-refractivity contribution in [1.29, 1.82) is 5.26 Å². The molecule has 0 spiro atoms. The molecule has 2 unspecified atom stereocenters. The summed E-state index contributed by atoms with van der Waals surface area (Å²) in [6, 6.07) is 3.99. The number of anilines is 1. The molecule has 0 saturated heterocycles. The first-order chi connectivity index (χ1) is 14.7. The Morgan fingerprint density at radius 2 is 1.81 bits per heavy atom. The highest BCUT2D eigenvalue weighted by Crippen LogP contribution is 2.34. The fourth-order valence-corrected chi connectivity index (χ4v) is 3.81. The predicted octanol–water partition coefficient (Wildman–Crippen LogP) is 4.36. The Morgan fingerprint density at radius 3 is 2.34 bits per heavy atom. The van der Waals surface area contributed by atoms with E-state index in [0.717, 1.165) is 57.4 Å². The molecule has 0 fully saturated rings. The molecular formula is C21H29F3N2O5S. The highest BCUT2D eigenvalue weighted by molar-refractivity contribution is 7.86. The number of hydrogen-bond acceptors (Lipinski definition) is 6. The lowest BCUT2D eigenvalue weighted by molar-refractivity contribution is -0.142. The fourth-order valence-electron chi connectivity index (χ4n) is 3.10. The number of carbonyl (C=O) groups excluding carboxylic acids is 1. The number of hydrogen-bond donors (Lipinski definition) is 2. The van der Waals surface area contributed by atoms with Gasteiger partial charge in [-0.15, -0.1) is 0 Å². The third-order valence-electron chi connectivity index (χ3n) is 4.90. The molecule has 1 aromatic rings. The predicted molar refractivity (Wildman–Crippen MR) is 113 cm³/mol. The van der Waals surface area contributed by atoms with Crippen LogP contribution in [0.2, 0.25) is 0 Å². The Balaban J connectivity index is 3.01. The monoisotopic (exact) mass is 478 g/mol. The van der Waals surface area contributed by atoms with Crippen molar-refractivity contribution in [2.75, 3.05) is 11.6 Å². The van der Waals surface area contributed by atoms with E-state index in [9.17, 15) is 31.5 Å². The summed E-state index contributed by atoms with van der Waals surface area (Å²) < 4.78 is 67.7. The van der Waals surface area contributed by atoms with Crippen LogP contribution in [0.4, 0.5) is 18.9 Å². The lowest BCUT2D eigenvalue weighted by Crippen LogP contribution is -2.51. The Bertz CT molecular complexity index is 924. The first kappa shape index (κ1) is 27.9. The van der Waals surface area contributed by atoms with E-state index in [1.165, 1.54) is 6.07 Å². The number of halogens is 3. The number of unbranched alkanes of at least 4 members (excludes halogenated alkanes) is 5. The normalized spacial score (nSPS) is 14.9. The molecule has 2 atom stereocenters. The highest BCUT2D eigenvalue weighted by atomic mass is 32.2. The van der Waals surface area contributed by atoms with Crippen LogP contribution >= 0.6 is 0 Å². The maximum Gasteiger partial charge on any atom is 0.417 e. The van der Waals surface area contributed by atoms with E-state index in [0.29, 0.717) is 12.5 Å². The van der Waals surface area contributed by atoms with Gasteiger partial charge in [-0.3, -0.25) is 8.98 Å². The molecule has 1 rings (SSSR count). The molecule has 0 saturated carbocycles. The first-order valence-corrected chi connectivity index (χ1v) is 12.1. The minimum absolute atomic E-state index is 0.0563. The molecular weight excluding hydrogens is 449 g/mol. The van der Waals surface area contributed by atoms with E-state index < -0.39 is 45.0 Å². The van der Waals surface area contributed by atoms with Crippen molar-refractivity contribution in [3.8, 4) is 6.07 Å². The SMILES string of the molecule is CCCCCCCCC(OS(C)(=O)=O)C(C)(O)C(=O)Nc1ccc(C#N)c(C(F)(F)F)c1. The van der Waals surface area contributed by atoms with Crippen molar-refractivity contribution in [2.24, 2.45) is 0 Å². The molecule has 11 heteroatoms. The molecule has 0 bridgehead atoms. The van der Waals surface area contributed by atoms with Gasteiger partial charge < -0.3 is 10.4 Å². The van der Waals surface area contributed by atoms with E-state index >= 15 is 0 Å². The summed E-state index contributed by atoms with van der Waals surface area (Å²) in [6.07, 6.45) is -0.156. The van der Waals surface area contributed by atoms with Gasteiger partial charge >= 0.3 is 6.18 Å². The van der Waals surface area contributed by atoms with Gasteiger partial charge in [-0.25, -0.2) is 0 Å². The zero-order valence-corrected chi connectivity index (χ0v) is 19.1. The van der Waals surface area contributed by atoms with Gasteiger partial charge in [-0.2, -0.15) is 26.9 Å². The largest absolute Gasteiger partial charge is 0.417 e. The van der Waals surface area contributed by atoms with Gasteiger partial charge in [0.25, 0.3) is 16.0 Å². The second-order valence-corrected chi connectivity index (χ2v) is 9.42. The van der Waals surface area contributed by atoms with Crippen molar-refractivity contribution in [3.63, 3.8) is 0 Å². The van der Waals surface area contributed by atoms with Crippen LogP contribution in [-0.2, 0) is 25.3 Å². The van der Waals surface area contributed by atoms with Gasteiger partial charge in [-0.1, -0.05) is 45.4 Å². The molecule has 32 heavy (non-hydrogen) atoms. The zero-order valence-electron chi connectivity index (χ0n) is 18.3. The molecule has 180 valence electrons. The molecule has 2 N–H and O–H groups in total. The summed E-state index contributed by atoms with van der Waals surface area (Å²) in [6.45, 7) is 3.11. The lowest BCUT2D eigenvalue weighted by Gasteiger charge is -2.30. The van der Waals surface area contributed by atoms with E-state index in [1.54, 1.807) is 0 Å². The van der Waals surface area contributed by atoms with Crippen LogP contribution in [0.15, 0.2) is 18.2 Å². The minimum atomic E-state index is -4.83. The van der Waals surface area contributed by atoms with Crippen LogP contribution in [0.5, 0.6) is 0 Å². The second-order valence-electron chi connectivity index (χ2n) is 7.82. The van der Waals surface area contributed by atoms with Gasteiger partial charge in [0.05, 0.1) is 23.5 Å². The van der Waals surface area contributed by atoms with E-state index in [4.69, 9.17) is 9.44 Å². The molecule has 0 heterocycles. The average molecular weight is 479 g/mol. The zero-order chi connectivity index (χ0) is 24.6. The van der Waals surface area contributed by atoms with Crippen LogP contribution in [0.3, 0.4) is 0 Å². The molecule has 0 aromatic heterocycles. The smallest absolute Gasteiger partial charge is 0.378 e. The fraction of sp³-hybridized carbons (Fsp3) is 0.619. The third-order valence-corrected chi connectivity index (χ3v) is 5.48. The Hall–Kier alpha value is -2.16. The molecule has 0 aliphatic carbocycles. The summed E-state index contributed by atoms with van der Waals surface area (Å²) in [4.78, 5) is 12.7. The summed E-state index contributed by atoms with van der Waals surface area (Å²) in [5.41, 5.74) is -4.52. The average Bonchev–Trinajstić information content (AvgIpc) is 2.68. The van der Waals surface area contributed by atoms with Crippen molar-refractivity contribution in [3.05, 3.63) is 29.3 Å². The van der Waals surface area contributed by atoms with Crippen LogP contribution in [0.1, 0.15) is 69.9 Å². The number of rotatable bonds is 12. The summed E-state index contributed by atoms with van der Waals surface area (Å²) in [5, 5.41) is 21.8. The van der Waals surface area contributed by atoms with Gasteiger partial charge in [0.1, 0.15) is 6.10 Å². The highest BCUT2D eigenvalue weighted by Gasteiger charge is 2.42. The van der Waals surface area contributed by atoms with Gasteiger partial charge in [-0.05, 0) is 31.5 Å². The lowest BCUT2D eigenvalue weighted by atomic mass is 9.93. The molecule has 7 nitrogen and oxygen atoms in total. The number of carbonyl (C=O) groups is 1. The van der Waals surface area contributed by atoms with Gasteiger partial charge in [0.15, 0.2) is 5.60 Å². The molecule has 1 aromatic carbocycles. The molecule has 1 amide bonds. The quantitative estimate of drug-likeness (QED) is 0.341. The van der Waals surface area contributed by atoms with Crippen molar-refractivity contribution in [2.45, 2.75) is 76.7 Å². The first-order valence-electron chi connectivity index (χ1n) is 10.3. The second kappa shape index (κ2) is 11.6. The molecule has 0 aliphatic heterocycles. The van der Waals surface area contributed by atoms with Crippen molar-refractivity contribution >= 4 is 21.7 Å². The Kier molecular flexibility index (Phi) is 10.1. The number of amides is 1. The van der Waals surface area contributed by atoms with E-state index in [-0.39, 0.29) is 12.1 Å². The Morgan fingerprint density at radius 1 is 1.22 bits per heavy atom. The van der Waals surface area contributed by atoms with E-state index in [1.807, 2.05) is 0 Å². The number of nitrogens with one attached hydrogen (secondary N) is 1. The number of benzene rings is 1. The maximum absolute atomic E-state index is 13.2. The van der Waals surface area contributed by atoms with Crippen LogP contribution in [0, 0.1) is 11.3 Å². The third kappa shape index (κ3) is 8.76. The maximum atomic E-state index is 13.2. The van der Waals surface area contributed by atoms with Gasteiger partial charge in [0.2, 0.25) is 0 Å². The summed E-state index contributed by atoms with van der Waals surface area (Å²) >= 11 is 0. The number of alkyl halides is 3. The van der Waals surface area contributed by atoms with Crippen molar-refractivity contribution in [1.82, 2.24) is 0 Å². The minimum Gasteiger partial charge on any atom is -0.378 e. The number of aliphatic hydroxyl groups is 1. The van der Waals surface area contributed by atoms with Crippen molar-refractivity contribution < 1.29 is 35.7 Å². The summed E-state index contributed by atoms with van der Waals surface area (Å²) in [5.74, 6) is -1.13. The van der Waals surface area contributed by atoms with Crippen LogP contribution in [-0.4, -0.2) is 37.4 Å². The number of nitrogens with zero attached hydrogens (tertiary/aromatic N) is 1. The standard InChI is InChI=1S/C21H29F3N2O5S/c1-4-5-6-7-8-9-10-18(31-32(3,29)30)20(2,28)19(27)26-16-12-11-15(14-25)17(13-16)21(22,23)24/h11-13,18,28H,4-10H2,1-3H3,(H,26,27). The van der Waals surface area contributed by atoms with Crippen LogP contribution in [0.25, 0.3) is 0 Å². The number of nitriles is 1. The van der Waals surface area contributed by atoms with E-state index in [2.05, 4.69) is 12.2 Å². The molecule has 0 aliphatic rings.